The van der Waals surface area contributed by atoms with Crippen molar-refractivity contribution in [1.82, 2.24) is 0 Å². The molecule has 1 aromatic carbocycles. The van der Waals surface area contributed by atoms with Gasteiger partial charge in [-0.1, -0.05) is 31.4 Å². The molecule has 0 bridgehead atoms. The molecule has 0 saturated heterocycles. The Morgan fingerprint density at radius 3 is 2.53 bits per heavy atom. The number of rotatable bonds is 1. The first kappa shape index (κ1) is 10.5. The maximum atomic E-state index is 11.7. The van der Waals surface area contributed by atoms with Gasteiger partial charge in [0.15, 0.2) is 0 Å². The molecule has 2 aliphatic rings. The highest BCUT2D eigenvalue weighted by molar-refractivity contribution is 6.15. The molecule has 1 fully saturated rings. The summed E-state index contributed by atoms with van der Waals surface area (Å²) in [7, 11) is 0. The average Bonchev–Trinajstić information content (AvgIpc) is 2.66. The third kappa shape index (κ3) is 1.66. The number of carbonyl (C=O) groups is 2. The van der Waals surface area contributed by atoms with E-state index in [1.54, 1.807) is 6.07 Å². The molecule has 1 saturated carbocycles. The minimum absolute atomic E-state index is 0.414. The van der Waals surface area contributed by atoms with Crippen LogP contribution in [0.3, 0.4) is 0 Å². The van der Waals surface area contributed by atoms with E-state index in [0.717, 1.165) is 18.4 Å². The lowest BCUT2D eigenvalue weighted by Gasteiger charge is -2.22. The first-order valence-electron chi connectivity index (χ1n) is 6.17. The Balaban J connectivity index is 2.06. The van der Waals surface area contributed by atoms with Crippen molar-refractivity contribution in [3.63, 3.8) is 0 Å². The first-order chi connectivity index (χ1) is 8.27. The molecular weight excluding hydrogens is 216 g/mol. The minimum Gasteiger partial charge on any atom is -0.386 e. The average molecular weight is 230 g/mol. The molecule has 0 N–H and O–H groups in total. The summed E-state index contributed by atoms with van der Waals surface area (Å²) in [6.45, 7) is 0. The van der Waals surface area contributed by atoms with Crippen molar-refractivity contribution in [2.45, 2.75) is 38.0 Å². The fraction of sp³-hybridized carbons (Fsp3) is 0.429. The summed E-state index contributed by atoms with van der Waals surface area (Å²) in [6, 6.07) is 5.49. The number of esters is 2. The van der Waals surface area contributed by atoms with Gasteiger partial charge in [-0.3, -0.25) is 0 Å². The zero-order chi connectivity index (χ0) is 11.8. The van der Waals surface area contributed by atoms with Gasteiger partial charge < -0.3 is 4.74 Å². The van der Waals surface area contributed by atoms with E-state index in [0.29, 0.717) is 17.0 Å². The topological polar surface area (TPSA) is 43.4 Å². The number of cyclic esters (lactones) is 2. The summed E-state index contributed by atoms with van der Waals surface area (Å²) in [4.78, 5) is 23.2. The Morgan fingerprint density at radius 1 is 1.00 bits per heavy atom. The van der Waals surface area contributed by atoms with Crippen molar-refractivity contribution in [2.75, 3.05) is 0 Å². The van der Waals surface area contributed by atoms with Crippen molar-refractivity contribution in [2.24, 2.45) is 0 Å². The van der Waals surface area contributed by atoms with Crippen LogP contribution in [0.25, 0.3) is 0 Å². The van der Waals surface area contributed by atoms with Crippen molar-refractivity contribution < 1.29 is 14.3 Å². The van der Waals surface area contributed by atoms with Crippen molar-refractivity contribution in [1.29, 1.82) is 0 Å². The first-order valence-corrected chi connectivity index (χ1v) is 6.17. The normalized spacial score (nSPS) is 20.2. The van der Waals surface area contributed by atoms with Crippen LogP contribution in [0, 0.1) is 0 Å². The molecular formula is C14H14O3. The Kier molecular flexibility index (Phi) is 2.46. The molecule has 0 spiro atoms. The lowest BCUT2D eigenvalue weighted by molar-refractivity contribution is 0.0443. The van der Waals surface area contributed by atoms with Gasteiger partial charge >= 0.3 is 11.9 Å². The van der Waals surface area contributed by atoms with E-state index >= 15 is 0 Å². The Labute approximate surface area is 99.8 Å². The number of fused-ring (bicyclic) bond motifs is 1. The summed E-state index contributed by atoms with van der Waals surface area (Å²) in [6.07, 6.45) is 5.90. The molecule has 17 heavy (non-hydrogen) atoms. The zero-order valence-electron chi connectivity index (χ0n) is 9.57. The van der Waals surface area contributed by atoms with Gasteiger partial charge in [-0.25, -0.2) is 9.59 Å². The summed E-state index contributed by atoms with van der Waals surface area (Å²) in [5, 5.41) is 0. The van der Waals surface area contributed by atoms with E-state index in [4.69, 9.17) is 0 Å². The third-order valence-electron chi connectivity index (χ3n) is 3.75. The van der Waals surface area contributed by atoms with E-state index in [-0.39, 0.29) is 0 Å². The molecule has 3 heteroatoms. The second kappa shape index (κ2) is 3.99. The maximum Gasteiger partial charge on any atom is 0.347 e. The van der Waals surface area contributed by atoms with E-state index in [9.17, 15) is 9.59 Å². The van der Waals surface area contributed by atoms with Gasteiger partial charge in [-0.2, -0.15) is 0 Å². The Bertz CT molecular complexity index is 484. The summed E-state index contributed by atoms with van der Waals surface area (Å²) in [5.41, 5.74) is 1.97. The fourth-order valence-electron chi connectivity index (χ4n) is 2.91. The SMILES string of the molecule is O=C1OC(=O)c2c1cccc2C1CCCCC1. The van der Waals surface area contributed by atoms with Gasteiger partial charge in [-0.15, -0.1) is 0 Å². The van der Waals surface area contributed by atoms with E-state index in [1.165, 1.54) is 19.3 Å². The summed E-state index contributed by atoms with van der Waals surface area (Å²) in [5.74, 6) is -0.550. The highest BCUT2D eigenvalue weighted by Gasteiger charge is 2.34. The van der Waals surface area contributed by atoms with Gasteiger partial charge in [-0.05, 0) is 30.4 Å². The standard InChI is InChI=1S/C14H14O3/c15-13-11-8-4-7-10(12(11)14(16)17-13)9-5-2-1-3-6-9/h4,7-9H,1-3,5-6H2. The quantitative estimate of drug-likeness (QED) is 0.550. The highest BCUT2D eigenvalue weighted by atomic mass is 16.6. The van der Waals surface area contributed by atoms with Crippen LogP contribution >= 0.6 is 0 Å². The van der Waals surface area contributed by atoms with Crippen LogP contribution in [0.1, 0.15) is 64.3 Å². The van der Waals surface area contributed by atoms with Crippen LogP contribution in [-0.4, -0.2) is 11.9 Å². The third-order valence-corrected chi connectivity index (χ3v) is 3.75. The molecule has 1 aromatic rings. The Morgan fingerprint density at radius 2 is 1.76 bits per heavy atom. The van der Waals surface area contributed by atoms with Crippen LogP contribution in [0.2, 0.25) is 0 Å². The molecule has 0 amide bonds. The maximum absolute atomic E-state index is 11.7. The molecule has 88 valence electrons. The van der Waals surface area contributed by atoms with Gasteiger partial charge in [0.2, 0.25) is 0 Å². The van der Waals surface area contributed by atoms with E-state index < -0.39 is 11.9 Å². The molecule has 3 rings (SSSR count). The monoisotopic (exact) mass is 230 g/mol. The van der Waals surface area contributed by atoms with Gasteiger partial charge in [0.05, 0.1) is 11.1 Å². The molecule has 0 aromatic heterocycles. The molecule has 1 aliphatic heterocycles. The van der Waals surface area contributed by atoms with E-state index in [1.807, 2.05) is 12.1 Å². The van der Waals surface area contributed by atoms with E-state index in [2.05, 4.69) is 4.74 Å². The highest BCUT2D eigenvalue weighted by Crippen LogP contribution is 2.37. The number of ether oxygens (including phenoxy) is 1. The van der Waals surface area contributed by atoms with Crippen LogP contribution in [-0.2, 0) is 4.74 Å². The molecule has 3 nitrogen and oxygen atoms in total. The molecule has 0 unspecified atom stereocenters. The predicted molar refractivity (Wildman–Crippen MR) is 62.0 cm³/mol. The molecule has 1 aliphatic carbocycles. The second-order valence-electron chi connectivity index (χ2n) is 4.78. The second-order valence-corrected chi connectivity index (χ2v) is 4.78. The Hall–Kier alpha value is -1.64. The van der Waals surface area contributed by atoms with Crippen molar-refractivity contribution in [3.05, 3.63) is 34.9 Å². The molecule has 1 heterocycles. The predicted octanol–water partition coefficient (Wildman–Crippen LogP) is 3.04. The fourth-order valence-corrected chi connectivity index (χ4v) is 2.91. The van der Waals surface area contributed by atoms with Crippen LogP contribution in [0.5, 0.6) is 0 Å². The lowest BCUT2D eigenvalue weighted by Crippen LogP contribution is -2.09. The van der Waals surface area contributed by atoms with Crippen molar-refractivity contribution in [3.8, 4) is 0 Å². The van der Waals surface area contributed by atoms with Gasteiger partial charge in [0, 0.05) is 0 Å². The minimum atomic E-state index is -0.498. The smallest absolute Gasteiger partial charge is 0.347 e. The largest absolute Gasteiger partial charge is 0.386 e. The van der Waals surface area contributed by atoms with Crippen LogP contribution in [0.15, 0.2) is 18.2 Å². The zero-order valence-corrected chi connectivity index (χ0v) is 9.57. The van der Waals surface area contributed by atoms with Crippen molar-refractivity contribution >= 4 is 11.9 Å². The lowest BCUT2D eigenvalue weighted by atomic mass is 9.81. The van der Waals surface area contributed by atoms with Gasteiger partial charge in [0.25, 0.3) is 0 Å². The molecule has 0 radical (unpaired) electrons. The number of benzene rings is 1. The summed E-state index contributed by atoms with van der Waals surface area (Å²) < 4.78 is 4.69. The van der Waals surface area contributed by atoms with Crippen LogP contribution in [0.4, 0.5) is 0 Å². The number of hydrogen-bond donors (Lipinski definition) is 0. The molecule has 0 atom stereocenters. The number of carbonyl (C=O) groups excluding carboxylic acids is 2. The summed E-state index contributed by atoms with van der Waals surface area (Å²) >= 11 is 0. The van der Waals surface area contributed by atoms with Gasteiger partial charge in [0.1, 0.15) is 0 Å². The van der Waals surface area contributed by atoms with Crippen LogP contribution < -0.4 is 0 Å². The number of hydrogen-bond acceptors (Lipinski definition) is 3.